The minimum absolute atomic E-state index is 0.276. The Labute approximate surface area is 147 Å². The quantitative estimate of drug-likeness (QED) is 0.832. The zero-order valence-corrected chi connectivity index (χ0v) is 15.1. The van der Waals surface area contributed by atoms with Gasteiger partial charge in [-0.05, 0) is 30.9 Å². The zero-order chi connectivity index (χ0) is 18.0. The van der Waals surface area contributed by atoms with Crippen LogP contribution in [-0.2, 0) is 20.6 Å². The molecule has 134 valence electrons. The van der Waals surface area contributed by atoms with Crippen LogP contribution in [0.15, 0.2) is 33.9 Å². The lowest BCUT2D eigenvalue weighted by Gasteiger charge is -2.31. The summed E-state index contributed by atoms with van der Waals surface area (Å²) >= 11 is 0. The summed E-state index contributed by atoms with van der Waals surface area (Å²) in [5, 5.41) is 4.15. The Hall–Kier alpha value is -2.57. The Balaban J connectivity index is 1.91. The van der Waals surface area contributed by atoms with E-state index < -0.39 is 5.69 Å². The Bertz CT molecular complexity index is 865. The molecular formula is C18H25N5O2. The molecule has 0 radical (unpaired) electrons. The highest BCUT2D eigenvalue weighted by Crippen LogP contribution is 2.25. The number of hydrogen-bond acceptors (Lipinski definition) is 5. The van der Waals surface area contributed by atoms with Crippen molar-refractivity contribution >= 4 is 11.5 Å². The first kappa shape index (κ1) is 17.3. The maximum absolute atomic E-state index is 12.4. The fraction of sp³-hybridized carbons (Fsp3) is 0.500. The van der Waals surface area contributed by atoms with Gasteiger partial charge in [-0.2, -0.15) is 0 Å². The van der Waals surface area contributed by atoms with Gasteiger partial charge in [-0.15, -0.1) is 5.10 Å². The second-order valence-corrected chi connectivity index (χ2v) is 6.63. The number of aryl methyl sites for hydroxylation is 1. The molecule has 1 aromatic heterocycles. The molecule has 1 aliphatic heterocycles. The van der Waals surface area contributed by atoms with Crippen LogP contribution >= 0.6 is 0 Å². The highest BCUT2D eigenvalue weighted by molar-refractivity contribution is 5.55. The molecule has 7 heteroatoms. The van der Waals surface area contributed by atoms with Crippen LogP contribution in [0.25, 0.3) is 0 Å². The molecule has 2 heterocycles. The van der Waals surface area contributed by atoms with E-state index in [9.17, 15) is 9.59 Å². The van der Waals surface area contributed by atoms with E-state index in [1.54, 1.807) is 7.05 Å². The van der Waals surface area contributed by atoms with Gasteiger partial charge >= 0.3 is 5.69 Å². The summed E-state index contributed by atoms with van der Waals surface area (Å²) in [5.74, 6) is 0.276. The predicted molar refractivity (Wildman–Crippen MR) is 99.3 cm³/mol. The topological polar surface area (TPSA) is 63.4 Å². The monoisotopic (exact) mass is 343 g/mol. The van der Waals surface area contributed by atoms with Crippen molar-refractivity contribution in [2.75, 3.05) is 29.9 Å². The van der Waals surface area contributed by atoms with E-state index in [4.69, 9.17) is 0 Å². The maximum Gasteiger partial charge on any atom is 0.346 e. The van der Waals surface area contributed by atoms with Gasteiger partial charge in [0.1, 0.15) is 0 Å². The highest BCUT2D eigenvalue weighted by Gasteiger charge is 2.18. The van der Waals surface area contributed by atoms with Crippen LogP contribution in [0.2, 0.25) is 0 Å². The van der Waals surface area contributed by atoms with E-state index in [2.05, 4.69) is 28.2 Å². The van der Waals surface area contributed by atoms with Crippen LogP contribution in [0.4, 0.5) is 11.5 Å². The van der Waals surface area contributed by atoms with Crippen molar-refractivity contribution in [3.8, 4) is 0 Å². The Morgan fingerprint density at radius 1 is 1.08 bits per heavy atom. The van der Waals surface area contributed by atoms with Crippen molar-refractivity contribution in [1.29, 1.82) is 0 Å². The molecule has 3 rings (SSSR count). The normalized spacial score (nSPS) is 14.6. The Morgan fingerprint density at radius 2 is 1.76 bits per heavy atom. The second-order valence-electron chi connectivity index (χ2n) is 6.63. The van der Waals surface area contributed by atoms with E-state index in [0.29, 0.717) is 6.54 Å². The minimum Gasteiger partial charge on any atom is -0.371 e. The molecule has 7 nitrogen and oxygen atoms in total. The molecule has 25 heavy (non-hydrogen) atoms. The SMILES string of the molecule is CN(Cc1ccccc1N1CCCCC1)c1nn(C)c(=O)n(C)c1=O. The molecule has 1 aromatic carbocycles. The summed E-state index contributed by atoms with van der Waals surface area (Å²) in [6.07, 6.45) is 3.72. The first-order valence-corrected chi connectivity index (χ1v) is 8.67. The van der Waals surface area contributed by atoms with Crippen LogP contribution in [0.1, 0.15) is 24.8 Å². The van der Waals surface area contributed by atoms with Crippen LogP contribution in [0.5, 0.6) is 0 Å². The fourth-order valence-electron chi connectivity index (χ4n) is 3.34. The molecule has 0 aliphatic carbocycles. The average molecular weight is 343 g/mol. The molecule has 1 aliphatic rings. The van der Waals surface area contributed by atoms with Gasteiger partial charge in [-0.3, -0.25) is 9.36 Å². The van der Waals surface area contributed by atoms with E-state index in [-0.39, 0.29) is 11.4 Å². The molecule has 0 unspecified atom stereocenters. The van der Waals surface area contributed by atoms with Crippen molar-refractivity contribution in [2.45, 2.75) is 25.8 Å². The third-order valence-electron chi connectivity index (χ3n) is 4.76. The van der Waals surface area contributed by atoms with Gasteiger partial charge in [0.15, 0.2) is 0 Å². The summed E-state index contributed by atoms with van der Waals surface area (Å²) in [7, 11) is 4.87. The molecule has 1 saturated heterocycles. The number of aromatic nitrogens is 3. The van der Waals surface area contributed by atoms with Crippen LogP contribution in [-0.4, -0.2) is 34.5 Å². The van der Waals surface area contributed by atoms with Crippen molar-refractivity contribution in [2.24, 2.45) is 14.1 Å². The molecule has 2 aromatic rings. The van der Waals surface area contributed by atoms with Gasteiger partial charge in [-0.1, -0.05) is 18.2 Å². The van der Waals surface area contributed by atoms with E-state index in [1.807, 2.05) is 18.0 Å². The van der Waals surface area contributed by atoms with Gasteiger partial charge in [-0.25, -0.2) is 9.48 Å². The summed E-state index contributed by atoms with van der Waals surface area (Å²) in [6.45, 7) is 2.70. The lowest BCUT2D eigenvalue weighted by atomic mass is 10.1. The van der Waals surface area contributed by atoms with E-state index in [1.165, 1.54) is 36.7 Å². The number of para-hydroxylation sites is 1. The van der Waals surface area contributed by atoms with Crippen LogP contribution < -0.4 is 21.0 Å². The molecule has 1 fully saturated rings. The highest BCUT2D eigenvalue weighted by atomic mass is 16.2. The fourth-order valence-corrected chi connectivity index (χ4v) is 3.34. The summed E-state index contributed by atoms with van der Waals surface area (Å²) < 4.78 is 2.29. The molecule has 0 atom stereocenters. The predicted octanol–water partition coefficient (Wildman–Crippen LogP) is 1.11. The molecule has 0 bridgehead atoms. The van der Waals surface area contributed by atoms with Crippen molar-refractivity contribution < 1.29 is 0 Å². The van der Waals surface area contributed by atoms with E-state index in [0.717, 1.165) is 23.2 Å². The average Bonchev–Trinajstić information content (AvgIpc) is 2.64. The number of nitrogens with zero attached hydrogens (tertiary/aromatic N) is 5. The maximum atomic E-state index is 12.4. The summed E-state index contributed by atoms with van der Waals surface area (Å²) in [5.41, 5.74) is 1.58. The van der Waals surface area contributed by atoms with Gasteiger partial charge in [0.2, 0.25) is 5.82 Å². The third-order valence-corrected chi connectivity index (χ3v) is 4.76. The second kappa shape index (κ2) is 7.13. The van der Waals surface area contributed by atoms with Crippen molar-refractivity contribution in [1.82, 2.24) is 14.3 Å². The third kappa shape index (κ3) is 3.45. The first-order chi connectivity index (χ1) is 12.0. The smallest absolute Gasteiger partial charge is 0.346 e. The molecule has 0 amide bonds. The minimum atomic E-state index is -0.420. The molecule has 0 N–H and O–H groups in total. The van der Waals surface area contributed by atoms with Crippen molar-refractivity contribution in [3.63, 3.8) is 0 Å². The first-order valence-electron chi connectivity index (χ1n) is 8.67. The zero-order valence-electron chi connectivity index (χ0n) is 15.1. The number of piperidine rings is 1. The standard InChI is InChI=1S/C18H25N5O2/c1-20(16-17(24)21(2)18(25)22(3)19-16)13-14-9-5-6-10-15(14)23-11-7-4-8-12-23/h5-6,9-10H,4,7-8,11-13H2,1-3H3. The van der Waals surface area contributed by atoms with Gasteiger partial charge in [0.25, 0.3) is 5.56 Å². The number of rotatable bonds is 4. The number of anilines is 2. The Morgan fingerprint density at radius 3 is 2.48 bits per heavy atom. The molecule has 0 saturated carbocycles. The van der Waals surface area contributed by atoms with E-state index >= 15 is 0 Å². The molecular weight excluding hydrogens is 318 g/mol. The summed E-state index contributed by atoms with van der Waals surface area (Å²) in [6, 6.07) is 8.30. The van der Waals surface area contributed by atoms with Crippen LogP contribution in [0.3, 0.4) is 0 Å². The lowest BCUT2D eigenvalue weighted by molar-refractivity contribution is 0.575. The molecule has 0 spiro atoms. The summed E-state index contributed by atoms with van der Waals surface area (Å²) in [4.78, 5) is 28.4. The van der Waals surface area contributed by atoms with Crippen LogP contribution in [0, 0.1) is 0 Å². The number of benzene rings is 1. The largest absolute Gasteiger partial charge is 0.371 e. The van der Waals surface area contributed by atoms with Gasteiger partial charge in [0, 0.05) is 46.5 Å². The Kier molecular flexibility index (Phi) is 4.92. The van der Waals surface area contributed by atoms with Gasteiger partial charge in [0.05, 0.1) is 0 Å². The number of hydrogen-bond donors (Lipinski definition) is 0. The lowest BCUT2D eigenvalue weighted by Crippen LogP contribution is -2.42. The van der Waals surface area contributed by atoms with Crippen molar-refractivity contribution in [3.05, 3.63) is 50.7 Å². The van der Waals surface area contributed by atoms with Gasteiger partial charge < -0.3 is 9.80 Å².